The van der Waals surface area contributed by atoms with Crippen LogP contribution in [0, 0.1) is 6.92 Å². The summed E-state index contributed by atoms with van der Waals surface area (Å²) in [7, 11) is 0. The quantitative estimate of drug-likeness (QED) is 0.402. The zero-order valence-electron chi connectivity index (χ0n) is 15.1. The third kappa shape index (κ3) is 2.68. The molecule has 0 atom stereocenters. The van der Waals surface area contributed by atoms with Crippen molar-refractivity contribution in [3.63, 3.8) is 0 Å². The van der Waals surface area contributed by atoms with Gasteiger partial charge in [0.2, 0.25) is 0 Å². The fourth-order valence-corrected chi connectivity index (χ4v) is 3.77. The average molecular weight is 349 g/mol. The van der Waals surface area contributed by atoms with Gasteiger partial charge in [-0.25, -0.2) is 9.97 Å². The maximum atomic E-state index is 4.72. The molecular weight excluding hydrogens is 330 g/mol. The third-order valence-corrected chi connectivity index (χ3v) is 5.02. The Labute approximate surface area is 159 Å². The maximum Gasteiger partial charge on any atom is 0.142 e. The molecule has 4 aromatic rings. The summed E-state index contributed by atoms with van der Waals surface area (Å²) in [5, 5.41) is 0. The molecule has 0 saturated carbocycles. The molecule has 1 aliphatic heterocycles. The van der Waals surface area contributed by atoms with Crippen molar-refractivity contribution in [1.29, 1.82) is 0 Å². The van der Waals surface area contributed by atoms with Crippen LogP contribution in [0.1, 0.15) is 16.7 Å². The Kier molecular flexibility index (Phi) is 3.72. The van der Waals surface area contributed by atoms with Crippen LogP contribution in [0.3, 0.4) is 0 Å². The fourth-order valence-electron chi connectivity index (χ4n) is 3.77. The van der Waals surface area contributed by atoms with Crippen LogP contribution in [0.5, 0.6) is 0 Å². The molecule has 27 heavy (non-hydrogen) atoms. The van der Waals surface area contributed by atoms with Crippen LogP contribution in [0.2, 0.25) is 0 Å². The summed E-state index contributed by atoms with van der Waals surface area (Å²) in [4.78, 5) is 11.6. The largest absolute Gasteiger partial charge is 0.278 e. The van der Waals surface area contributed by atoms with Gasteiger partial charge in [-0.3, -0.25) is 4.90 Å². The van der Waals surface area contributed by atoms with E-state index >= 15 is 0 Å². The van der Waals surface area contributed by atoms with Gasteiger partial charge in [0.25, 0.3) is 0 Å². The second kappa shape index (κ2) is 6.36. The van der Waals surface area contributed by atoms with Gasteiger partial charge >= 0.3 is 0 Å². The highest BCUT2D eigenvalue weighted by molar-refractivity contribution is 5.89. The minimum atomic E-state index is 0.857. The number of hydrogen-bond donors (Lipinski definition) is 0. The van der Waals surface area contributed by atoms with Gasteiger partial charge in [-0.05, 0) is 47.9 Å². The number of aromatic nitrogens is 2. The summed E-state index contributed by atoms with van der Waals surface area (Å²) in [5.41, 5.74) is 7.15. The van der Waals surface area contributed by atoms with E-state index in [1.54, 1.807) is 0 Å². The second-order valence-electron chi connectivity index (χ2n) is 6.87. The lowest BCUT2D eigenvalue weighted by molar-refractivity contribution is 1.00. The first-order valence-corrected chi connectivity index (χ1v) is 9.15. The Balaban J connectivity index is 1.79. The van der Waals surface area contributed by atoms with E-state index in [9.17, 15) is 0 Å². The highest BCUT2D eigenvalue weighted by Gasteiger charge is 2.27. The molecular formula is C24H19N3. The first-order valence-electron chi connectivity index (χ1n) is 9.15. The van der Waals surface area contributed by atoms with Gasteiger partial charge in [-0.2, -0.15) is 0 Å². The molecule has 3 heteroatoms. The van der Waals surface area contributed by atoms with E-state index in [2.05, 4.69) is 66.4 Å². The van der Waals surface area contributed by atoms with E-state index in [4.69, 9.17) is 9.97 Å². The monoisotopic (exact) mass is 349 g/mol. The molecule has 0 bridgehead atoms. The van der Waals surface area contributed by atoms with E-state index in [0.29, 0.717) is 0 Å². The lowest BCUT2D eigenvalue weighted by Crippen LogP contribution is -2.21. The van der Waals surface area contributed by atoms with E-state index in [1.807, 2.05) is 30.6 Å². The topological polar surface area (TPSA) is 29.0 Å². The summed E-state index contributed by atoms with van der Waals surface area (Å²) in [6.07, 6.45) is 4.57. The zero-order valence-corrected chi connectivity index (χ0v) is 15.1. The fraction of sp³-hybridized carbons (Fsp3) is 0.0833. The number of aryl methyl sites for hydroxylation is 1. The minimum Gasteiger partial charge on any atom is -0.278 e. The van der Waals surface area contributed by atoms with Crippen LogP contribution in [-0.4, -0.2) is 9.97 Å². The van der Waals surface area contributed by atoms with Gasteiger partial charge in [0.1, 0.15) is 11.6 Å². The first-order chi connectivity index (χ1) is 13.3. The first kappa shape index (κ1) is 15.8. The van der Waals surface area contributed by atoms with Gasteiger partial charge in [0.05, 0.1) is 5.69 Å². The summed E-state index contributed by atoms with van der Waals surface area (Å²) >= 11 is 0. The average Bonchev–Trinajstić information content (AvgIpc) is 2.73. The number of rotatable bonds is 2. The van der Waals surface area contributed by atoms with Gasteiger partial charge in [0, 0.05) is 24.4 Å². The zero-order chi connectivity index (χ0) is 18.2. The van der Waals surface area contributed by atoms with Crippen LogP contribution in [0.15, 0.2) is 85.2 Å². The van der Waals surface area contributed by atoms with Gasteiger partial charge in [-0.15, -0.1) is 0 Å². The van der Waals surface area contributed by atoms with Crippen LogP contribution < -0.4 is 4.90 Å². The maximum absolute atomic E-state index is 4.72. The highest BCUT2D eigenvalue weighted by atomic mass is 15.2. The molecule has 0 aliphatic carbocycles. The van der Waals surface area contributed by atoms with Crippen LogP contribution in [-0.2, 0) is 6.42 Å². The molecule has 0 unspecified atom stereocenters. The summed E-state index contributed by atoms with van der Waals surface area (Å²) in [6, 6.07) is 25.4. The molecule has 5 rings (SSSR count). The summed E-state index contributed by atoms with van der Waals surface area (Å²) < 4.78 is 0. The van der Waals surface area contributed by atoms with Crippen molar-refractivity contribution in [3.05, 3.63) is 102 Å². The molecule has 1 aliphatic rings. The van der Waals surface area contributed by atoms with Crippen molar-refractivity contribution in [2.75, 3.05) is 4.90 Å². The predicted octanol–water partition coefficient (Wildman–Crippen LogP) is 5.83. The molecule has 0 radical (unpaired) electrons. The molecule has 0 amide bonds. The Morgan fingerprint density at radius 2 is 1.41 bits per heavy atom. The number of nitrogens with zero attached hydrogens (tertiary/aromatic N) is 3. The Morgan fingerprint density at radius 1 is 0.741 bits per heavy atom. The van der Waals surface area contributed by atoms with Crippen molar-refractivity contribution < 1.29 is 0 Å². The SMILES string of the molecule is Cc1ccc(N2c3ncccc3Cc3cccnc32)c(-c2ccccc2)c1. The molecule has 0 fully saturated rings. The molecule has 3 nitrogen and oxygen atoms in total. The highest BCUT2D eigenvalue weighted by Crippen LogP contribution is 2.44. The number of hydrogen-bond acceptors (Lipinski definition) is 3. The van der Waals surface area contributed by atoms with Gasteiger partial charge < -0.3 is 0 Å². The van der Waals surface area contributed by atoms with Crippen LogP contribution >= 0.6 is 0 Å². The van der Waals surface area contributed by atoms with E-state index in [0.717, 1.165) is 23.7 Å². The molecule has 0 N–H and O–H groups in total. The standard InChI is InChI=1S/C24H19N3/c1-17-11-12-22(21(15-17)18-7-3-2-4-8-18)27-23-19(9-5-13-25-23)16-20-10-6-14-26-24(20)27/h2-15H,16H2,1H3. The van der Waals surface area contributed by atoms with Crippen molar-refractivity contribution in [2.45, 2.75) is 13.3 Å². The number of benzene rings is 2. The third-order valence-electron chi connectivity index (χ3n) is 5.02. The number of pyridine rings is 2. The predicted molar refractivity (Wildman–Crippen MR) is 110 cm³/mol. The lowest BCUT2D eigenvalue weighted by Gasteiger charge is -2.32. The lowest BCUT2D eigenvalue weighted by atomic mass is 9.97. The van der Waals surface area contributed by atoms with E-state index in [1.165, 1.54) is 27.8 Å². The normalized spacial score (nSPS) is 12.4. The molecule has 2 aromatic carbocycles. The molecule has 0 saturated heterocycles. The number of fused-ring (bicyclic) bond motifs is 2. The Hall–Kier alpha value is -3.46. The van der Waals surface area contributed by atoms with Crippen molar-refractivity contribution in [1.82, 2.24) is 9.97 Å². The van der Waals surface area contributed by atoms with E-state index < -0.39 is 0 Å². The Morgan fingerprint density at radius 3 is 2.07 bits per heavy atom. The van der Waals surface area contributed by atoms with Crippen molar-refractivity contribution in [2.24, 2.45) is 0 Å². The molecule has 0 spiro atoms. The number of anilines is 3. The second-order valence-corrected chi connectivity index (χ2v) is 6.87. The van der Waals surface area contributed by atoms with Gasteiger partial charge in [-0.1, -0.05) is 54.1 Å². The van der Waals surface area contributed by atoms with Gasteiger partial charge in [0.15, 0.2) is 0 Å². The van der Waals surface area contributed by atoms with Crippen molar-refractivity contribution in [3.8, 4) is 11.1 Å². The van der Waals surface area contributed by atoms with Crippen LogP contribution in [0.25, 0.3) is 11.1 Å². The summed E-state index contributed by atoms with van der Waals surface area (Å²) in [5.74, 6) is 1.93. The van der Waals surface area contributed by atoms with Crippen molar-refractivity contribution >= 4 is 17.3 Å². The molecule has 3 heterocycles. The summed E-state index contributed by atoms with van der Waals surface area (Å²) in [6.45, 7) is 2.13. The van der Waals surface area contributed by atoms with Crippen LogP contribution in [0.4, 0.5) is 17.3 Å². The van der Waals surface area contributed by atoms with E-state index in [-0.39, 0.29) is 0 Å². The smallest absolute Gasteiger partial charge is 0.142 e. The Bertz CT molecular complexity index is 1070. The minimum absolute atomic E-state index is 0.857. The molecule has 2 aromatic heterocycles. The molecule has 130 valence electrons.